The summed E-state index contributed by atoms with van der Waals surface area (Å²) < 4.78 is 12.1. The second kappa shape index (κ2) is 19.8. The van der Waals surface area contributed by atoms with E-state index in [9.17, 15) is 14.4 Å². The molecule has 41 heavy (non-hydrogen) atoms. The average Bonchev–Trinajstić information content (AvgIpc) is 2.95. The molecule has 8 nitrogen and oxygen atoms in total. The Hall–Kier alpha value is -3.26. The molecule has 0 aliphatic rings. The minimum atomic E-state index is -0.732. The molecule has 0 spiro atoms. The van der Waals surface area contributed by atoms with Gasteiger partial charge in [-0.25, -0.2) is 4.79 Å². The molecule has 0 bridgehead atoms. The van der Waals surface area contributed by atoms with Gasteiger partial charge >= 0.3 is 5.97 Å². The van der Waals surface area contributed by atoms with Crippen molar-refractivity contribution in [2.75, 3.05) is 23.8 Å². The van der Waals surface area contributed by atoms with E-state index in [-0.39, 0.29) is 30.7 Å². The van der Waals surface area contributed by atoms with Crippen LogP contribution in [-0.4, -0.2) is 29.7 Å². The number of amides is 1. The number of anilines is 2. The first kappa shape index (κ1) is 33.9. The number of pyridine rings is 1. The summed E-state index contributed by atoms with van der Waals surface area (Å²) >= 11 is 6.45. The van der Waals surface area contributed by atoms with Gasteiger partial charge in [0, 0.05) is 24.4 Å². The zero-order valence-electron chi connectivity index (χ0n) is 24.8. The third kappa shape index (κ3) is 12.4. The van der Waals surface area contributed by atoms with Crippen LogP contribution in [0.5, 0.6) is 0 Å². The number of ether oxygens (including phenoxy) is 2. The van der Waals surface area contributed by atoms with Crippen LogP contribution < -0.4 is 16.2 Å². The number of hydrogen-bond donors (Lipinski definition) is 2. The molecule has 2 N–H and O–H groups in total. The van der Waals surface area contributed by atoms with Gasteiger partial charge in [0.2, 0.25) is 11.8 Å². The van der Waals surface area contributed by atoms with Crippen LogP contribution in [-0.2, 0) is 19.1 Å². The van der Waals surface area contributed by atoms with Crippen molar-refractivity contribution in [3.63, 3.8) is 0 Å². The van der Waals surface area contributed by atoms with Gasteiger partial charge in [-0.3, -0.25) is 14.2 Å². The van der Waals surface area contributed by atoms with Crippen molar-refractivity contribution in [1.82, 2.24) is 4.57 Å². The Morgan fingerprint density at radius 3 is 2.05 bits per heavy atom. The molecule has 0 atom stereocenters. The zero-order chi connectivity index (χ0) is 29.9. The van der Waals surface area contributed by atoms with Gasteiger partial charge < -0.3 is 20.1 Å². The second-order valence-electron chi connectivity index (χ2n) is 9.89. The van der Waals surface area contributed by atoms with Crippen LogP contribution >= 0.6 is 11.6 Å². The number of aromatic nitrogens is 1. The fourth-order valence-electron chi connectivity index (χ4n) is 4.41. The summed E-state index contributed by atoms with van der Waals surface area (Å²) in [6, 6.07) is 9.56. The lowest BCUT2D eigenvalue weighted by Gasteiger charge is -2.19. The van der Waals surface area contributed by atoms with E-state index in [0.717, 1.165) is 23.8 Å². The topological polar surface area (TPSA) is 98.7 Å². The van der Waals surface area contributed by atoms with Gasteiger partial charge in [-0.15, -0.1) is 0 Å². The van der Waals surface area contributed by atoms with E-state index in [1.54, 1.807) is 44.2 Å². The fraction of sp³-hybridized carbons (Fsp3) is 0.531. The van der Waals surface area contributed by atoms with Crippen molar-refractivity contribution >= 4 is 40.5 Å². The molecule has 0 fully saturated rings. The third-order valence-electron chi connectivity index (χ3n) is 6.54. The van der Waals surface area contributed by atoms with Crippen molar-refractivity contribution in [2.24, 2.45) is 0 Å². The largest absolute Gasteiger partial charge is 0.478 e. The van der Waals surface area contributed by atoms with Gasteiger partial charge in [-0.2, -0.15) is 0 Å². The number of carbonyl (C=O) groups is 2. The molecule has 0 unspecified atom stereocenters. The highest BCUT2D eigenvalue weighted by molar-refractivity contribution is 6.33. The monoisotopic (exact) mass is 587 g/mol. The standard InChI is InChI=1S/C32H46ClN3O5/c1-4-7-8-9-10-11-12-13-14-15-16-19-28(37)34-25-21-22-26(33)27(24-25)35-31(40-5-2)30(32(39)41-6-3)36-23-18-17-20-29(36)38/h17-18,20-24,35H,4-16,19H2,1-3H3,(H,34,37). The molecular weight excluding hydrogens is 542 g/mol. The van der Waals surface area contributed by atoms with E-state index in [1.807, 2.05) is 0 Å². The summed E-state index contributed by atoms with van der Waals surface area (Å²) in [6.45, 7) is 6.00. The summed E-state index contributed by atoms with van der Waals surface area (Å²) in [5.41, 5.74) is 0.411. The summed E-state index contributed by atoms with van der Waals surface area (Å²) in [6.07, 6.45) is 15.4. The molecular formula is C32H46ClN3O5. The summed E-state index contributed by atoms with van der Waals surface area (Å²) in [7, 11) is 0. The maximum Gasteiger partial charge on any atom is 0.361 e. The van der Waals surface area contributed by atoms with Crippen LogP contribution in [0.1, 0.15) is 97.8 Å². The second-order valence-corrected chi connectivity index (χ2v) is 10.3. The normalized spacial score (nSPS) is 11.5. The van der Waals surface area contributed by atoms with Gasteiger partial charge in [-0.1, -0.05) is 88.8 Å². The van der Waals surface area contributed by atoms with Crippen LogP contribution in [0.25, 0.3) is 5.70 Å². The van der Waals surface area contributed by atoms with E-state index in [2.05, 4.69) is 17.6 Å². The Morgan fingerprint density at radius 2 is 1.44 bits per heavy atom. The SMILES string of the molecule is CCCCCCCCCCCCCC(=O)Nc1ccc(Cl)c(NC(OCC)=C(C(=O)OCC)n2ccccc2=O)c1. The van der Waals surface area contributed by atoms with Crippen molar-refractivity contribution in [2.45, 2.75) is 97.8 Å². The van der Waals surface area contributed by atoms with Crippen molar-refractivity contribution in [3.05, 3.63) is 63.9 Å². The number of unbranched alkanes of at least 4 members (excludes halogenated alkanes) is 10. The number of carbonyl (C=O) groups excluding carboxylic acids is 2. The van der Waals surface area contributed by atoms with E-state index in [4.69, 9.17) is 21.1 Å². The Kier molecular flexibility index (Phi) is 16.4. The predicted octanol–water partition coefficient (Wildman–Crippen LogP) is 7.98. The zero-order valence-corrected chi connectivity index (χ0v) is 25.6. The Bertz CT molecular complexity index is 1180. The van der Waals surface area contributed by atoms with E-state index >= 15 is 0 Å². The van der Waals surface area contributed by atoms with Crippen molar-refractivity contribution in [1.29, 1.82) is 0 Å². The quantitative estimate of drug-likeness (QED) is 0.0705. The molecule has 0 saturated heterocycles. The minimum absolute atomic E-state index is 0.00517. The van der Waals surface area contributed by atoms with Gasteiger partial charge in [0.1, 0.15) is 0 Å². The smallest absolute Gasteiger partial charge is 0.361 e. The molecule has 2 rings (SSSR count). The molecule has 1 aromatic heterocycles. The minimum Gasteiger partial charge on any atom is -0.478 e. The lowest BCUT2D eigenvalue weighted by Crippen LogP contribution is -2.27. The number of esters is 1. The highest BCUT2D eigenvalue weighted by Crippen LogP contribution is 2.28. The van der Waals surface area contributed by atoms with Crippen LogP contribution in [0, 0.1) is 0 Å². The fourth-order valence-corrected chi connectivity index (χ4v) is 4.58. The average molecular weight is 588 g/mol. The molecule has 1 aromatic carbocycles. The molecule has 0 aliphatic heterocycles. The summed E-state index contributed by atoms with van der Waals surface area (Å²) in [4.78, 5) is 38.0. The number of halogens is 1. The molecule has 0 aliphatic carbocycles. The van der Waals surface area contributed by atoms with Gasteiger partial charge in [-0.05, 0) is 44.5 Å². The van der Waals surface area contributed by atoms with Crippen LogP contribution in [0.2, 0.25) is 5.02 Å². The molecule has 0 radical (unpaired) electrons. The van der Waals surface area contributed by atoms with E-state index in [1.165, 1.54) is 63.6 Å². The van der Waals surface area contributed by atoms with Gasteiger partial charge in [0.25, 0.3) is 5.56 Å². The first-order valence-corrected chi connectivity index (χ1v) is 15.4. The molecule has 1 heterocycles. The Balaban J connectivity index is 2.00. The maximum absolute atomic E-state index is 12.9. The number of nitrogens with one attached hydrogen (secondary N) is 2. The Labute approximate surface area is 249 Å². The Morgan fingerprint density at radius 1 is 0.805 bits per heavy atom. The molecule has 2 aromatic rings. The number of benzene rings is 1. The predicted molar refractivity (Wildman–Crippen MR) is 167 cm³/mol. The molecule has 226 valence electrons. The third-order valence-corrected chi connectivity index (χ3v) is 6.87. The highest BCUT2D eigenvalue weighted by Gasteiger charge is 2.23. The lowest BCUT2D eigenvalue weighted by atomic mass is 10.1. The highest BCUT2D eigenvalue weighted by atomic mass is 35.5. The van der Waals surface area contributed by atoms with Gasteiger partial charge in [0.15, 0.2) is 5.70 Å². The van der Waals surface area contributed by atoms with Gasteiger partial charge in [0.05, 0.1) is 23.9 Å². The first-order valence-electron chi connectivity index (χ1n) is 15.0. The van der Waals surface area contributed by atoms with E-state index in [0.29, 0.717) is 22.8 Å². The lowest BCUT2D eigenvalue weighted by molar-refractivity contribution is -0.136. The van der Waals surface area contributed by atoms with Crippen molar-refractivity contribution < 1.29 is 19.1 Å². The summed E-state index contributed by atoms with van der Waals surface area (Å²) in [5, 5.41) is 6.30. The first-order chi connectivity index (χ1) is 19.9. The maximum atomic E-state index is 12.9. The summed E-state index contributed by atoms with van der Waals surface area (Å²) in [5.74, 6) is -0.798. The van der Waals surface area contributed by atoms with Crippen LogP contribution in [0.4, 0.5) is 11.4 Å². The molecule has 1 amide bonds. The number of nitrogens with zero attached hydrogens (tertiary/aromatic N) is 1. The molecule has 9 heteroatoms. The number of hydrogen-bond acceptors (Lipinski definition) is 6. The van der Waals surface area contributed by atoms with Crippen LogP contribution in [0.3, 0.4) is 0 Å². The van der Waals surface area contributed by atoms with E-state index < -0.39 is 11.5 Å². The number of rotatable bonds is 20. The van der Waals surface area contributed by atoms with Crippen molar-refractivity contribution in [3.8, 4) is 0 Å². The molecule has 0 saturated carbocycles. The van der Waals surface area contributed by atoms with Crippen LogP contribution in [0.15, 0.2) is 53.3 Å².